The van der Waals surface area contributed by atoms with E-state index in [4.69, 9.17) is 10.2 Å². The second-order valence-electron chi connectivity index (χ2n) is 4.33. The molecule has 0 bridgehead atoms. The molecule has 4 N–H and O–H groups in total. The molecule has 0 radical (unpaired) electrons. The second kappa shape index (κ2) is 6.62. The predicted molar refractivity (Wildman–Crippen MR) is 72.2 cm³/mol. The summed E-state index contributed by atoms with van der Waals surface area (Å²) < 4.78 is 0. The van der Waals surface area contributed by atoms with Crippen LogP contribution in [0.4, 0.5) is 0 Å². The Morgan fingerprint density at radius 3 is 2.67 bits per heavy atom. The number of nitrogens with one attached hydrogen (secondary N) is 2. The number of pyridine rings is 1. The number of hydrogen-bond donors (Lipinski definition) is 4. The largest absolute Gasteiger partial charge is 0.478 e. The molecule has 0 atom stereocenters. The standard InChI is InChI=1S/C13H14N4O4/c18-12(19)8-3-10(13(20)21)11(16-4-8)6-14-2-1-9-5-15-7-17-9/h3-5,7,14H,1-2,6H2,(H,15,17)(H,18,19)(H,20,21). The number of carbonyl (C=O) groups is 2. The van der Waals surface area contributed by atoms with Crippen molar-refractivity contribution < 1.29 is 19.8 Å². The SMILES string of the molecule is O=C(O)c1cnc(CNCCc2cnc[nH]2)c(C(=O)O)c1. The molecule has 0 aliphatic carbocycles. The minimum atomic E-state index is -1.20. The predicted octanol–water partition coefficient (Wildman–Crippen LogP) is 0.533. The molecule has 0 saturated carbocycles. The van der Waals surface area contributed by atoms with Crippen molar-refractivity contribution >= 4 is 11.9 Å². The van der Waals surface area contributed by atoms with Crippen LogP contribution in [0.2, 0.25) is 0 Å². The number of nitrogens with zero attached hydrogens (tertiary/aromatic N) is 2. The van der Waals surface area contributed by atoms with E-state index in [0.29, 0.717) is 12.2 Å². The summed E-state index contributed by atoms with van der Waals surface area (Å²) in [7, 11) is 0. The summed E-state index contributed by atoms with van der Waals surface area (Å²) in [4.78, 5) is 32.7. The number of aromatic carboxylic acids is 2. The third kappa shape index (κ3) is 3.86. The molecule has 0 saturated heterocycles. The maximum atomic E-state index is 11.1. The van der Waals surface area contributed by atoms with Crippen LogP contribution in [0.5, 0.6) is 0 Å². The number of aromatic nitrogens is 3. The summed E-state index contributed by atoms with van der Waals surface area (Å²) >= 11 is 0. The normalized spacial score (nSPS) is 10.5. The van der Waals surface area contributed by atoms with Crippen molar-refractivity contribution in [2.75, 3.05) is 6.54 Å². The molecular weight excluding hydrogens is 276 g/mol. The molecule has 8 nitrogen and oxygen atoms in total. The Labute approximate surface area is 119 Å². The van der Waals surface area contributed by atoms with Crippen LogP contribution in [0, 0.1) is 0 Å². The van der Waals surface area contributed by atoms with E-state index in [0.717, 1.165) is 24.4 Å². The van der Waals surface area contributed by atoms with Crippen molar-refractivity contribution in [1.29, 1.82) is 0 Å². The molecule has 2 aromatic rings. The van der Waals surface area contributed by atoms with Crippen LogP contribution >= 0.6 is 0 Å². The molecule has 0 aliphatic heterocycles. The first-order valence-electron chi connectivity index (χ1n) is 6.21. The van der Waals surface area contributed by atoms with Gasteiger partial charge in [-0.25, -0.2) is 14.6 Å². The van der Waals surface area contributed by atoms with Crippen LogP contribution in [-0.4, -0.2) is 43.6 Å². The number of hydrogen-bond acceptors (Lipinski definition) is 5. The molecule has 21 heavy (non-hydrogen) atoms. The van der Waals surface area contributed by atoms with E-state index in [-0.39, 0.29) is 17.7 Å². The van der Waals surface area contributed by atoms with Crippen molar-refractivity contribution in [1.82, 2.24) is 20.3 Å². The summed E-state index contributed by atoms with van der Waals surface area (Å²) in [6.07, 6.45) is 5.17. The van der Waals surface area contributed by atoms with Gasteiger partial charge in [-0.2, -0.15) is 0 Å². The van der Waals surface area contributed by atoms with Crippen LogP contribution in [0.3, 0.4) is 0 Å². The molecule has 2 heterocycles. The van der Waals surface area contributed by atoms with E-state index >= 15 is 0 Å². The highest BCUT2D eigenvalue weighted by Crippen LogP contribution is 2.09. The van der Waals surface area contributed by atoms with Gasteiger partial charge in [0, 0.05) is 37.6 Å². The van der Waals surface area contributed by atoms with Gasteiger partial charge in [0.2, 0.25) is 0 Å². The fourth-order valence-corrected chi connectivity index (χ4v) is 1.79. The van der Waals surface area contributed by atoms with Gasteiger partial charge in [0.25, 0.3) is 0 Å². The van der Waals surface area contributed by atoms with E-state index in [1.165, 1.54) is 0 Å². The van der Waals surface area contributed by atoms with Crippen molar-refractivity contribution in [2.45, 2.75) is 13.0 Å². The highest BCUT2D eigenvalue weighted by atomic mass is 16.4. The van der Waals surface area contributed by atoms with Gasteiger partial charge in [0.1, 0.15) is 0 Å². The molecule has 0 spiro atoms. The van der Waals surface area contributed by atoms with Crippen LogP contribution in [0.1, 0.15) is 32.1 Å². The van der Waals surface area contributed by atoms with Crippen LogP contribution in [0.15, 0.2) is 24.8 Å². The number of imidazole rings is 1. The first kappa shape index (κ1) is 14.7. The number of carboxylic acid groups (broad SMARTS) is 2. The summed E-state index contributed by atoms with van der Waals surface area (Å²) in [5.41, 5.74) is 1.02. The average molecular weight is 290 g/mol. The second-order valence-corrected chi connectivity index (χ2v) is 4.33. The van der Waals surface area contributed by atoms with Crippen molar-refractivity contribution in [3.05, 3.63) is 47.3 Å². The third-order valence-electron chi connectivity index (χ3n) is 2.87. The molecule has 2 rings (SSSR count). The molecular formula is C13H14N4O4. The Morgan fingerprint density at radius 1 is 1.24 bits per heavy atom. The lowest BCUT2D eigenvalue weighted by atomic mass is 10.1. The van der Waals surface area contributed by atoms with Crippen LogP contribution in [0.25, 0.3) is 0 Å². The number of carboxylic acids is 2. The molecule has 0 aromatic carbocycles. The van der Waals surface area contributed by atoms with E-state index < -0.39 is 11.9 Å². The summed E-state index contributed by atoms with van der Waals surface area (Å²) in [6, 6.07) is 1.11. The monoisotopic (exact) mass is 290 g/mol. The molecule has 110 valence electrons. The van der Waals surface area contributed by atoms with Gasteiger partial charge < -0.3 is 20.5 Å². The molecule has 0 unspecified atom stereocenters. The van der Waals surface area contributed by atoms with Gasteiger partial charge in [-0.3, -0.25) is 4.98 Å². The Hall–Kier alpha value is -2.74. The number of rotatable bonds is 7. The summed E-state index contributed by atoms with van der Waals surface area (Å²) in [5.74, 6) is -2.40. The maximum absolute atomic E-state index is 11.1. The highest BCUT2D eigenvalue weighted by molar-refractivity contribution is 5.94. The fourth-order valence-electron chi connectivity index (χ4n) is 1.79. The van der Waals surface area contributed by atoms with Crippen LogP contribution in [-0.2, 0) is 13.0 Å². The van der Waals surface area contributed by atoms with Gasteiger partial charge in [-0.05, 0) is 6.07 Å². The van der Waals surface area contributed by atoms with Crippen LogP contribution < -0.4 is 5.32 Å². The fraction of sp³-hybridized carbons (Fsp3) is 0.231. The minimum absolute atomic E-state index is 0.107. The Morgan fingerprint density at radius 2 is 2.05 bits per heavy atom. The first-order chi connectivity index (χ1) is 10.1. The van der Waals surface area contributed by atoms with Gasteiger partial charge >= 0.3 is 11.9 Å². The average Bonchev–Trinajstić information content (AvgIpc) is 2.96. The maximum Gasteiger partial charge on any atom is 0.337 e. The minimum Gasteiger partial charge on any atom is -0.478 e. The zero-order valence-corrected chi connectivity index (χ0v) is 11.0. The molecule has 0 amide bonds. The zero-order chi connectivity index (χ0) is 15.2. The van der Waals surface area contributed by atoms with Crippen molar-refractivity contribution in [2.24, 2.45) is 0 Å². The first-order valence-corrected chi connectivity index (χ1v) is 6.21. The smallest absolute Gasteiger partial charge is 0.337 e. The van der Waals surface area contributed by atoms with Gasteiger partial charge in [-0.15, -0.1) is 0 Å². The third-order valence-corrected chi connectivity index (χ3v) is 2.87. The molecule has 0 aliphatic rings. The van der Waals surface area contributed by atoms with Gasteiger partial charge in [-0.1, -0.05) is 0 Å². The Balaban J connectivity index is 1.98. The van der Waals surface area contributed by atoms with Gasteiger partial charge in [0.05, 0.1) is 23.1 Å². The van der Waals surface area contributed by atoms with Crippen molar-refractivity contribution in [3.63, 3.8) is 0 Å². The zero-order valence-electron chi connectivity index (χ0n) is 11.0. The topological polar surface area (TPSA) is 128 Å². The van der Waals surface area contributed by atoms with E-state index in [1.807, 2.05) is 0 Å². The highest BCUT2D eigenvalue weighted by Gasteiger charge is 2.15. The van der Waals surface area contributed by atoms with Gasteiger partial charge in [0.15, 0.2) is 0 Å². The molecule has 0 fully saturated rings. The van der Waals surface area contributed by atoms with Crippen molar-refractivity contribution in [3.8, 4) is 0 Å². The number of aromatic amines is 1. The molecule has 2 aromatic heterocycles. The van der Waals surface area contributed by atoms with E-state index in [9.17, 15) is 9.59 Å². The molecule has 8 heteroatoms. The summed E-state index contributed by atoms with van der Waals surface area (Å²) in [5, 5.41) is 21.0. The van der Waals surface area contributed by atoms with E-state index in [2.05, 4.69) is 20.3 Å². The lowest BCUT2D eigenvalue weighted by Gasteiger charge is -2.07. The lowest BCUT2D eigenvalue weighted by molar-refractivity contribution is 0.0695. The van der Waals surface area contributed by atoms with E-state index in [1.54, 1.807) is 12.5 Å². The quantitative estimate of drug-likeness (QED) is 0.547. The number of H-pyrrole nitrogens is 1. The lowest BCUT2D eigenvalue weighted by Crippen LogP contribution is -2.20. The Bertz CT molecular complexity index is 640. The summed E-state index contributed by atoms with van der Waals surface area (Å²) in [6.45, 7) is 0.860. The Kier molecular flexibility index (Phi) is 4.62.